The molecule has 0 unspecified atom stereocenters. The minimum Gasteiger partial charge on any atom is -0.507 e. The zero-order valence-electron chi connectivity index (χ0n) is 19.8. The Morgan fingerprint density at radius 3 is 2.24 bits per heavy atom. The summed E-state index contributed by atoms with van der Waals surface area (Å²) in [6, 6.07) is 9.59. The number of carbonyl (C=O) groups excluding carboxylic acids is 1. The highest BCUT2D eigenvalue weighted by Gasteiger charge is 2.33. The standard InChI is InChI=1S/C26H29NO4S2/c1-25(2,3)17-9-16(10-18(22(17)28)26(4,5)6)12-21-23(29)27(24(32)33-21)13-15-7-8-19-20(11-15)31-14-30-19/h7-12,28H,13-14H2,1-6H3/b21-12+. The number of phenolic OH excluding ortho intramolecular Hbond substituents is 1. The molecule has 0 bridgehead atoms. The van der Waals surface area contributed by atoms with Gasteiger partial charge in [-0.05, 0) is 52.3 Å². The van der Waals surface area contributed by atoms with E-state index in [0.29, 0.717) is 33.0 Å². The Hall–Kier alpha value is -2.51. The maximum Gasteiger partial charge on any atom is 0.266 e. The average molecular weight is 484 g/mol. The van der Waals surface area contributed by atoms with Gasteiger partial charge in [-0.2, -0.15) is 0 Å². The van der Waals surface area contributed by atoms with Crippen LogP contribution in [0.1, 0.15) is 63.8 Å². The van der Waals surface area contributed by atoms with Crippen LogP contribution in [0, 0.1) is 0 Å². The van der Waals surface area contributed by atoms with E-state index in [1.54, 1.807) is 4.90 Å². The van der Waals surface area contributed by atoms with Crippen LogP contribution in [0.3, 0.4) is 0 Å². The molecule has 1 fully saturated rings. The average Bonchev–Trinajstić information content (AvgIpc) is 3.27. The number of thiocarbonyl (C=S) groups is 1. The van der Waals surface area contributed by atoms with E-state index in [1.165, 1.54) is 11.8 Å². The molecule has 2 aliphatic heterocycles. The molecule has 0 atom stereocenters. The minimum atomic E-state index is -0.244. The topological polar surface area (TPSA) is 59.0 Å². The summed E-state index contributed by atoms with van der Waals surface area (Å²) in [6.07, 6.45) is 1.88. The van der Waals surface area contributed by atoms with E-state index < -0.39 is 0 Å². The SMILES string of the molecule is CC(C)(C)c1cc(/C=C2/SC(=S)N(Cc3ccc4c(c3)OCO4)C2=O)cc(C(C)(C)C)c1O. The van der Waals surface area contributed by atoms with Crippen molar-refractivity contribution >= 4 is 40.3 Å². The second kappa shape index (κ2) is 8.37. The number of fused-ring (bicyclic) bond motifs is 1. The summed E-state index contributed by atoms with van der Waals surface area (Å²) in [6.45, 7) is 13.0. The van der Waals surface area contributed by atoms with E-state index in [4.69, 9.17) is 21.7 Å². The predicted molar refractivity (Wildman–Crippen MR) is 137 cm³/mol. The fourth-order valence-electron chi connectivity index (χ4n) is 3.89. The van der Waals surface area contributed by atoms with Gasteiger partial charge < -0.3 is 14.6 Å². The fourth-order valence-corrected chi connectivity index (χ4v) is 5.15. The molecule has 0 radical (unpaired) electrons. The van der Waals surface area contributed by atoms with Gasteiger partial charge >= 0.3 is 0 Å². The molecule has 2 heterocycles. The molecular formula is C26H29NO4S2. The van der Waals surface area contributed by atoms with Crippen LogP contribution in [0.4, 0.5) is 0 Å². The van der Waals surface area contributed by atoms with Crippen molar-refractivity contribution in [3.63, 3.8) is 0 Å². The Morgan fingerprint density at radius 1 is 1.03 bits per heavy atom. The van der Waals surface area contributed by atoms with Crippen molar-refractivity contribution in [3.05, 3.63) is 57.5 Å². The molecule has 5 nitrogen and oxygen atoms in total. The summed E-state index contributed by atoms with van der Waals surface area (Å²) in [7, 11) is 0. The molecule has 2 aromatic carbocycles. The van der Waals surface area contributed by atoms with E-state index in [1.807, 2.05) is 36.4 Å². The lowest BCUT2D eigenvalue weighted by atomic mass is 9.78. The Labute approximate surface area is 204 Å². The first-order valence-electron chi connectivity index (χ1n) is 10.9. The third-order valence-corrected chi connectivity index (χ3v) is 7.08. The second-order valence-corrected chi connectivity index (χ2v) is 12.1. The molecule has 2 aromatic rings. The maximum atomic E-state index is 13.2. The summed E-state index contributed by atoms with van der Waals surface area (Å²) >= 11 is 6.83. The molecule has 0 aromatic heterocycles. The van der Waals surface area contributed by atoms with Crippen LogP contribution in [0.15, 0.2) is 35.2 Å². The monoisotopic (exact) mass is 483 g/mol. The van der Waals surface area contributed by atoms with Gasteiger partial charge in [0.2, 0.25) is 6.79 Å². The van der Waals surface area contributed by atoms with E-state index in [0.717, 1.165) is 22.3 Å². The van der Waals surface area contributed by atoms with E-state index in [2.05, 4.69) is 41.5 Å². The molecule has 1 N–H and O–H groups in total. The summed E-state index contributed by atoms with van der Waals surface area (Å²) in [5, 5.41) is 11.0. The highest BCUT2D eigenvalue weighted by molar-refractivity contribution is 8.26. The first kappa shape index (κ1) is 23.6. The highest BCUT2D eigenvalue weighted by atomic mass is 32.2. The second-order valence-electron chi connectivity index (χ2n) is 10.4. The van der Waals surface area contributed by atoms with Crippen molar-refractivity contribution in [2.45, 2.75) is 58.9 Å². The number of thioether (sulfide) groups is 1. The zero-order valence-corrected chi connectivity index (χ0v) is 21.4. The normalized spacial score (nSPS) is 17.4. The number of rotatable bonds is 3. The van der Waals surface area contributed by atoms with Gasteiger partial charge in [0.05, 0.1) is 11.4 Å². The van der Waals surface area contributed by atoms with Gasteiger partial charge in [-0.3, -0.25) is 9.69 Å². The summed E-state index contributed by atoms with van der Waals surface area (Å²) < 4.78 is 11.3. The van der Waals surface area contributed by atoms with Crippen molar-refractivity contribution < 1.29 is 19.4 Å². The molecule has 174 valence electrons. The zero-order chi connectivity index (χ0) is 24.1. The number of benzene rings is 2. The van der Waals surface area contributed by atoms with Crippen LogP contribution < -0.4 is 9.47 Å². The number of phenols is 1. The number of amides is 1. The number of ether oxygens (including phenoxy) is 2. The van der Waals surface area contributed by atoms with E-state index in [-0.39, 0.29) is 23.5 Å². The van der Waals surface area contributed by atoms with Gasteiger partial charge in [0, 0.05) is 11.1 Å². The molecule has 0 spiro atoms. The Morgan fingerprint density at radius 2 is 1.64 bits per heavy atom. The molecule has 2 aliphatic rings. The number of carbonyl (C=O) groups is 1. The number of hydrogen-bond donors (Lipinski definition) is 1. The Balaban J connectivity index is 1.66. The van der Waals surface area contributed by atoms with Crippen molar-refractivity contribution in [2.24, 2.45) is 0 Å². The first-order valence-corrected chi connectivity index (χ1v) is 12.1. The van der Waals surface area contributed by atoms with Crippen LogP contribution in [0.25, 0.3) is 6.08 Å². The fraction of sp³-hybridized carbons (Fsp3) is 0.385. The van der Waals surface area contributed by atoms with Crippen molar-refractivity contribution in [1.82, 2.24) is 4.90 Å². The van der Waals surface area contributed by atoms with Gasteiger partial charge in [-0.25, -0.2) is 0 Å². The van der Waals surface area contributed by atoms with Crippen LogP contribution in [-0.2, 0) is 22.2 Å². The third kappa shape index (κ3) is 4.75. The lowest BCUT2D eigenvalue weighted by molar-refractivity contribution is -0.122. The van der Waals surface area contributed by atoms with Gasteiger partial charge in [0.25, 0.3) is 5.91 Å². The minimum absolute atomic E-state index is 0.120. The number of nitrogens with zero attached hydrogens (tertiary/aromatic N) is 1. The Kier molecular flexibility index (Phi) is 5.99. The summed E-state index contributed by atoms with van der Waals surface area (Å²) in [4.78, 5) is 15.4. The summed E-state index contributed by atoms with van der Waals surface area (Å²) in [5.41, 5.74) is 3.03. The van der Waals surface area contributed by atoms with Gasteiger partial charge in [0.1, 0.15) is 10.1 Å². The van der Waals surface area contributed by atoms with Crippen LogP contribution in [-0.4, -0.2) is 27.0 Å². The molecule has 1 amide bonds. The van der Waals surface area contributed by atoms with Crippen LogP contribution >= 0.6 is 24.0 Å². The summed E-state index contributed by atoms with van der Waals surface area (Å²) in [5.74, 6) is 1.59. The maximum absolute atomic E-state index is 13.2. The molecule has 33 heavy (non-hydrogen) atoms. The molecule has 0 aliphatic carbocycles. The van der Waals surface area contributed by atoms with Gasteiger partial charge in [-0.15, -0.1) is 0 Å². The highest BCUT2D eigenvalue weighted by Crippen LogP contribution is 2.41. The van der Waals surface area contributed by atoms with Crippen LogP contribution in [0.2, 0.25) is 0 Å². The molecular weight excluding hydrogens is 454 g/mol. The molecule has 7 heteroatoms. The van der Waals surface area contributed by atoms with E-state index in [9.17, 15) is 9.90 Å². The lowest BCUT2D eigenvalue weighted by Gasteiger charge is -2.28. The lowest BCUT2D eigenvalue weighted by Crippen LogP contribution is -2.27. The molecule has 1 saturated heterocycles. The van der Waals surface area contributed by atoms with Crippen molar-refractivity contribution in [2.75, 3.05) is 6.79 Å². The van der Waals surface area contributed by atoms with Gasteiger partial charge in [-0.1, -0.05) is 71.6 Å². The molecule has 0 saturated carbocycles. The molecule has 4 rings (SSSR count). The van der Waals surface area contributed by atoms with Gasteiger partial charge in [0.15, 0.2) is 11.5 Å². The van der Waals surface area contributed by atoms with Crippen LogP contribution in [0.5, 0.6) is 17.2 Å². The number of hydrogen-bond acceptors (Lipinski definition) is 6. The van der Waals surface area contributed by atoms with Crippen molar-refractivity contribution in [3.8, 4) is 17.2 Å². The predicted octanol–water partition coefficient (Wildman–Crippen LogP) is 6.12. The Bertz CT molecular complexity index is 1140. The number of aromatic hydroxyl groups is 1. The largest absolute Gasteiger partial charge is 0.507 e. The van der Waals surface area contributed by atoms with E-state index >= 15 is 0 Å². The quantitative estimate of drug-likeness (QED) is 0.419. The van der Waals surface area contributed by atoms with Crippen molar-refractivity contribution in [1.29, 1.82) is 0 Å². The first-order chi connectivity index (χ1) is 15.3. The smallest absolute Gasteiger partial charge is 0.266 e. The third-order valence-electron chi connectivity index (χ3n) is 5.70.